The smallest absolute Gasteiger partial charge is 0.303 e. The van der Waals surface area contributed by atoms with Gasteiger partial charge in [0.15, 0.2) is 12.2 Å². The molecule has 4 unspecified atom stereocenters. The third-order valence-electron chi connectivity index (χ3n) is 4.77. The van der Waals surface area contributed by atoms with Gasteiger partial charge in [0.25, 0.3) is 0 Å². The van der Waals surface area contributed by atoms with Gasteiger partial charge in [0.2, 0.25) is 0 Å². The normalized spacial score (nSPS) is 41.8. The Morgan fingerprint density at radius 3 is 1.23 bits per heavy atom. The van der Waals surface area contributed by atoms with Crippen LogP contribution in [0.1, 0.15) is 55.4 Å². The van der Waals surface area contributed by atoms with Gasteiger partial charge < -0.3 is 18.9 Å². The molecule has 4 atom stereocenters. The lowest BCUT2D eigenvalue weighted by atomic mass is 9.77. The molecule has 126 valence electrons. The van der Waals surface area contributed by atoms with Gasteiger partial charge in [-0.25, -0.2) is 0 Å². The minimum atomic E-state index is -0.925. The minimum Gasteiger partial charge on any atom is -0.456 e. The van der Waals surface area contributed by atoms with Crippen LogP contribution in [0.25, 0.3) is 0 Å². The third-order valence-corrected chi connectivity index (χ3v) is 4.77. The van der Waals surface area contributed by atoms with Crippen molar-refractivity contribution in [3.05, 3.63) is 0 Å². The number of carbonyl (C=O) groups excluding carboxylic acids is 2. The second-order valence-electron chi connectivity index (χ2n) is 7.60. The van der Waals surface area contributed by atoms with Crippen molar-refractivity contribution in [2.24, 2.45) is 0 Å². The van der Waals surface area contributed by atoms with Gasteiger partial charge in [-0.3, -0.25) is 9.59 Å². The first kappa shape index (κ1) is 17.2. The molecule has 6 nitrogen and oxygen atoms in total. The quantitative estimate of drug-likeness (QED) is 0.726. The van der Waals surface area contributed by atoms with Gasteiger partial charge in [-0.15, -0.1) is 0 Å². The Hall–Kier alpha value is -1.14. The highest BCUT2D eigenvalue weighted by Gasteiger charge is 2.78. The van der Waals surface area contributed by atoms with E-state index in [0.717, 1.165) is 0 Å². The molecule has 0 aliphatic carbocycles. The molecule has 0 bridgehead atoms. The number of fused-ring (bicyclic) bond motifs is 1. The summed E-state index contributed by atoms with van der Waals surface area (Å²) in [5.41, 5.74) is -3.37. The largest absolute Gasteiger partial charge is 0.456 e. The summed E-state index contributed by atoms with van der Waals surface area (Å²) in [5, 5.41) is 0. The Morgan fingerprint density at radius 2 is 1.00 bits per heavy atom. The van der Waals surface area contributed by atoms with E-state index in [1.165, 1.54) is 13.8 Å². The minimum absolute atomic E-state index is 0.399. The van der Waals surface area contributed by atoms with Crippen LogP contribution in [0.4, 0.5) is 0 Å². The Balaban J connectivity index is 2.51. The van der Waals surface area contributed by atoms with Gasteiger partial charge in [-0.1, -0.05) is 0 Å². The second kappa shape index (κ2) is 4.68. The van der Waals surface area contributed by atoms with Crippen LogP contribution >= 0.6 is 0 Å². The van der Waals surface area contributed by atoms with Crippen LogP contribution in [0.2, 0.25) is 0 Å². The lowest BCUT2D eigenvalue weighted by Gasteiger charge is -2.36. The van der Waals surface area contributed by atoms with E-state index in [9.17, 15) is 9.59 Å². The maximum atomic E-state index is 11.5. The first-order chi connectivity index (χ1) is 9.76. The predicted molar refractivity (Wildman–Crippen MR) is 78.2 cm³/mol. The Kier molecular flexibility index (Phi) is 3.66. The first-order valence-electron chi connectivity index (χ1n) is 7.51. The van der Waals surface area contributed by atoms with E-state index in [4.69, 9.17) is 18.9 Å². The zero-order valence-electron chi connectivity index (χ0n) is 14.6. The molecule has 2 saturated heterocycles. The van der Waals surface area contributed by atoms with Crippen molar-refractivity contribution >= 4 is 11.9 Å². The fraction of sp³-hybridized carbons (Fsp3) is 0.875. The number of esters is 2. The molecule has 2 rings (SSSR count). The summed E-state index contributed by atoms with van der Waals surface area (Å²) in [4.78, 5) is 23.0. The molecular formula is C16H26O6. The molecule has 2 heterocycles. The number of hydrogen-bond donors (Lipinski definition) is 0. The van der Waals surface area contributed by atoms with E-state index in [-0.39, 0.29) is 0 Å². The summed E-state index contributed by atoms with van der Waals surface area (Å²) < 4.78 is 23.5. The molecule has 0 aromatic rings. The highest BCUT2D eigenvalue weighted by atomic mass is 16.7. The van der Waals surface area contributed by atoms with Crippen molar-refractivity contribution < 1.29 is 28.5 Å². The van der Waals surface area contributed by atoms with Gasteiger partial charge in [-0.05, 0) is 41.5 Å². The van der Waals surface area contributed by atoms with Crippen molar-refractivity contribution in [1.29, 1.82) is 0 Å². The van der Waals surface area contributed by atoms with Crippen molar-refractivity contribution in [2.45, 2.75) is 90.0 Å². The molecule has 2 aliphatic heterocycles. The molecule has 0 N–H and O–H groups in total. The molecule has 0 saturated carbocycles. The molecule has 0 radical (unpaired) electrons. The monoisotopic (exact) mass is 314 g/mol. The molecule has 0 aromatic carbocycles. The summed E-state index contributed by atoms with van der Waals surface area (Å²) in [6.07, 6.45) is -1.22. The average Bonchev–Trinajstić information content (AvgIpc) is 2.51. The molecule has 22 heavy (non-hydrogen) atoms. The summed E-state index contributed by atoms with van der Waals surface area (Å²) in [7, 11) is 0. The van der Waals surface area contributed by atoms with Crippen LogP contribution in [0.5, 0.6) is 0 Å². The van der Waals surface area contributed by atoms with Gasteiger partial charge in [0, 0.05) is 13.8 Å². The zero-order valence-corrected chi connectivity index (χ0v) is 14.6. The van der Waals surface area contributed by atoms with Crippen LogP contribution in [0.15, 0.2) is 0 Å². The molecular weight excluding hydrogens is 288 g/mol. The van der Waals surface area contributed by atoms with Crippen LogP contribution in [-0.2, 0) is 28.5 Å². The molecule has 2 fully saturated rings. The molecule has 0 aromatic heterocycles. The van der Waals surface area contributed by atoms with Gasteiger partial charge in [0.05, 0.1) is 0 Å². The maximum absolute atomic E-state index is 11.5. The second-order valence-corrected chi connectivity index (χ2v) is 7.60. The predicted octanol–water partition coefficient (Wildman–Crippen LogP) is 1.98. The lowest BCUT2D eigenvalue weighted by molar-refractivity contribution is -0.196. The molecule has 2 aliphatic rings. The number of rotatable bonds is 2. The summed E-state index contributed by atoms with van der Waals surface area (Å²) in [6.45, 7) is 13.8. The van der Waals surface area contributed by atoms with E-state index in [2.05, 4.69) is 0 Å². The van der Waals surface area contributed by atoms with Crippen LogP contribution in [0.3, 0.4) is 0 Å². The molecule has 6 heteroatoms. The van der Waals surface area contributed by atoms with Crippen molar-refractivity contribution in [3.63, 3.8) is 0 Å². The Labute approximate surface area is 131 Å². The highest BCUT2D eigenvalue weighted by molar-refractivity contribution is 5.67. The van der Waals surface area contributed by atoms with E-state index < -0.39 is 46.6 Å². The van der Waals surface area contributed by atoms with Crippen molar-refractivity contribution in [1.82, 2.24) is 0 Å². The van der Waals surface area contributed by atoms with Gasteiger partial charge in [-0.2, -0.15) is 0 Å². The fourth-order valence-electron chi connectivity index (χ4n) is 4.20. The van der Waals surface area contributed by atoms with E-state index in [1.807, 2.05) is 41.5 Å². The number of carbonyl (C=O) groups is 2. The third kappa shape index (κ3) is 2.24. The first-order valence-corrected chi connectivity index (χ1v) is 7.51. The SMILES string of the molecule is CC(=O)OC1C(C)(C)OC2(C)C(OC(C)=O)C(C)(C)OC12C. The zero-order chi connectivity index (χ0) is 17.1. The standard InChI is InChI=1S/C16H26O6/c1-9(17)19-11-13(3,4)21-16(8)12(20-10(2)18)14(5,6)22-15(11,16)7/h11-12H,1-8H3. The molecule has 0 spiro atoms. The van der Waals surface area contributed by atoms with E-state index in [1.54, 1.807) is 0 Å². The molecule has 0 amide bonds. The topological polar surface area (TPSA) is 71.1 Å². The van der Waals surface area contributed by atoms with Gasteiger partial charge >= 0.3 is 11.9 Å². The van der Waals surface area contributed by atoms with Crippen LogP contribution < -0.4 is 0 Å². The lowest BCUT2D eigenvalue weighted by Crippen LogP contribution is -2.56. The summed E-state index contributed by atoms with van der Waals surface area (Å²) in [5.74, 6) is -0.797. The number of hydrogen-bond acceptors (Lipinski definition) is 6. The highest BCUT2D eigenvalue weighted by Crippen LogP contribution is 2.59. The van der Waals surface area contributed by atoms with Gasteiger partial charge in [0.1, 0.15) is 22.4 Å². The Morgan fingerprint density at radius 1 is 0.727 bits per heavy atom. The number of ether oxygens (including phenoxy) is 4. The van der Waals surface area contributed by atoms with Crippen molar-refractivity contribution in [2.75, 3.05) is 0 Å². The van der Waals surface area contributed by atoms with Crippen molar-refractivity contribution in [3.8, 4) is 0 Å². The van der Waals surface area contributed by atoms with Crippen LogP contribution in [-0.4, -0.2) is 46.6 Å². The maximum Gasteiger partial charge on any atom is 0.303 e. The van der Waals surface area contributed by atoms with E-state index in [0.29, 0.717) is 0 Å². The Bertz CT molecular complexity index is 465. The van der Waals surface area contributed by atoms with Crippen LogP contribution in [0, 0.1) is 0 Å². The fourth-order valence-corrected chi connectivity index (χ4v) is 4.20. The van der Waals surface area contributed by atoms with E-state index >= 15 is 0 Å². The average molecular weight is 314 g/mol. The summed E-state index contributed by atoms with van der Waals surface area (Å²) >= 11 is 0. The summed E-state index contributed by atoms with van der Waals surface area (Å²) in [6, 6.07) is 0.